The average Bonchev–Trinajstić information content (AvgIpc) is 3.26. The number of anilines is 1. The van der Waals surface area contributed by atoms with Crippen LogP contribution >= 0.6 is 34.8 Å². The number of likely N-dealkylation sites (tertiary alicyclic amines) is 1. The van der Waals surface area contributed by atoms with Gasteiger partial charge in [0.2, 0.25) is 17.6 Å². The number of fused-ring (bicyclic) bond motifs is 4. The molecule has 2 aromatic carbocycles. The number of allylic oxidation sites excluding steroid dienone is 2. The van der Waals surface area contributed by atoms with Crippen molar-refractivity contribution in [3.05, 3.63) is 69.5 Å². The highest BCUT2D eigenvalue weighted by Gasteiger charge is 2.77. The highest BCUT2D eigenvalue weighted by molar-refractivity contribution is 6.58. The zero-order valence-corrected chi connectivity index (χ0v) is 23.3. The van der Waals surface area contributed by atoms with E-state index in [1.807, 2.05) is 0 Å². The van der Waals surface area contributed by atoms with E-state index in [1.54, 1.807) is 0 Å². The summed E-state index contributed by atoms with van der Waals surface area (Å²) in [6, 6.07) is 3.63. The van der Waals surface area contributed by atoms with Gasteiger partial charge in [-0.25, -0.2) is 26.9 Å². The number of hydrogen-bond donors (Lipinski definition) is 1. The van der Waals surface area contributed by atoms with Crippen LogP contribution in [-0.2, 0) is 19.2 Å². The molecule has 6 rings (SSSR count). The summed E-state index contributed by atoms with van der Waals surface area (Å²) in [6.07, 6.45) is 0.877. The number of hydrogen-bond acceptors (Lipinski definition) is 5. The standard InChI is InChI=1S/C27H16Cl3F5N2O5/c1-36-22(39)10-4-3-9-12(14(10)23(36)40)7-26(29)24(41)37(21-19(34)17(32)16(31)18(33)20(21)35)25(42)27(26,30)15(9)11-6-8(28)2-5-13(11)38/h2-3,5-6,10,12,14-15,38H,4,7H2,1H3. The van der Waals surface area contributed by atoms with E-state index < -0.39 is 104 Å². The molecule has 220 valence electrons. The first-order chi connectivity index (χ1) is 19.6. The molecule has 6 atom stereocenters. The Morgan fingerprint density at radius 3 is 2.10 bits per heavy atom. The fourth-order valence-corrected chi connectivity index (χ4v) is 7.93. The summed E-state index contributed by atoms with van der Waals surface area (Å²) in [4.78, 5) is 49.3. The minimum atomic E-state index is -2.74. The van der Waals surface area contributed by atoms with Crippen molar-refractivity contribution in [1.29, 1.82) is 0 Å². The molecule has 2 heterocycles. The Labute approximate surface area is 248 Å². The third-order valence-corrected chi connectivity index (χ3v) is 10.4. The van der Waals surface area contributed by atoms with Crippen LogP contribution in [0.5, 0.6) is 5.75 Å². The van der Waals surface area contributed by atoms with Crippen molar-refractivity contribution in [1.82, 2.24) is 4.90 Å². The molecule has 1 saturated carbocycles. The topological polar surface area (TPSA) is 95.0 Å². The summed E-state index contributed by atoms with van der Waals surface area (Å²) in [5.41, 5.74) is -1.84. The maximum Gasteiger partial charge on any atom is 0.258 e. The van der Waals surface area contributed by atoms with E-state index in [0.717, 1.165) is 11.0 Å². The molecule has 0 spiro atoms. The van der Waals surface area contributed by atoms with Crippen molar-refractivity contribution >= 4 is 64.1 Å². The highest BCUT2D eigenvalue weighted by Crippen LogP contribution is 2.66. The van der Waals surface area contributed by atoms with E-state index in [1.165, 1.54) is 25.3 Å². The van der Waals surface area contributed by atoms with E-state index >= 15 is 0 Å². The maximum atomic E-state index is 15.0. The zero-order valence-electron chi connectivity index (χ0n) is 21.0. The van der Waals surface area contributed by atoms with Gasteiger partial charge in [0.15, 0.2) is 33.0 Å². The van der Waals surface area contributed by atoms with Crippen molar-refractivity contribution in [2.45, 2.75) is 28.5 Å². The predicted octanol–water partition coefficient (Wildman–Crippen LogP) is 4.93. The van der Waals surface area contributed by atoms with Crippen molar-refractivity contribution in [2.24, 2.45) is 17.8 Å². The smallest absolute Gasteiger partial charge is 0.258 e. The van der Waals surface area contributed by atoms with Gasteiger partial charge in [0.05, 0.1) is 11.8 Å². The minimum Gasteiger partial charge on any atom is -0.508 e. The first kappa shape index (κ1) is 28.9. The number of carbonyl (C=O) groups excluding carboxylic acids is 4. The SMILES string of the molecule is CN1C(=O)C2CC=C3C(CC4(Cl)C(=O)N(c5c(F)c(F)c(F)c(F)c5F)C(=O)C4(Cl)C3c3cc(Cl)ccc3O)C2C1=O. The molecule has 4 amide bonds. The second-order valence-electron chi connectivity index (χ2n) is 10.6. The number of imide groups is 2. The Morgan fingerprint density at radius 2 is 1.48 bits per heavy atom. The molecule has 15 heteroatoms. The van der Waals surface area contributed by atoms with Gasteiger partial charge < -0.3 is 5.11 Å². The van der Waals surface area contributed by atoms with Gasteiger partial charge in [-0.2, -0.15) is 0 Å². The molecule has 2 saturated heterocycles. The van der Waals surface area contributed by atoms with Crippen LogP contribution in [0.3, 0.4) is 0 Å². The second kappa shape index (κ2) is 9.14. The number of benzene rings is 2. The highest BCUT2D eigenvalue weighted by atomic mass is 35.5. The Morgan fingerprint density at radius 1 is 0.881 bits per heavy atom. The third-order valence-electron chi connectivity index (χ3n) is 8.74. The average molecular weight is 650 g/mol. The number of phenols is 1. The van der Waals surface area contributed by atoms with Crippen LogP contribution in [0.25, 0.3) is 0 Å². The summed E-state index contributed by atoms with van der Waals surface area (Å²) < 4.78 is 72.2. The normalized spacial score (nSPS) is 32.3. The van der Waals surface area contributed by atoms with Crippen LogP contribution < -0.4 is 4.90 Å². The molecule has 7 nitrogen and oxygen atoms in total. The molecule has 6 unspecified atom stereocenters. The molecule has 2 aliphatic carbocycles. The van der Waals surface area contributed by atoms with Crippen LogP contribution in [0.1, 0.15) is 24.3 Å². The fourth-order valence-electron chi connectivity index (χ4n) is 6.83. The van der Waals surface area contributed by atoms with Crippen molar-refractivity contribution < 1.29 is 46.2 Å². The lowest BCUT2D eigenvalue weighted by molar-refractivity contribution is -0.138. The Hall–Kier alpha value is -3.22. The predicted molar refractivity (Wildman–Crippen MR) is 137 cm³/mol. The monoisotopic (exact) mass is 648 g/mol. The van der Waals surface area contributed by atoms with E-state index in [2.05, 4.69) is 0 Å². The molecule has 3 fully saturated rings. The minimum absolute atomic E-state index is 0.00497. The molecule has 2 aromatic rings. The molecule has 2 aliphatic heterocycles. The quantitative estimate of drug-likeness (QED) is 0.124. The number of aromatic hydroxyl groups is 1. The first-order valence-electron chi connectivity index (χ1n) is 12.4. The second-order valence-corrected chi connectivity index (χ2v) is 12.3. The van der Waals surface area contributed by atoms with E-state index in [0.29, 0.717) is 0 Å². The van der Waals surface area contributed by atoms with Crippen molar-refractivity contribution in [3.8, 4) is 5.75 Å². The van der Waals surface area contributed by atoms with Crippen LogP contribution in [-0.4, -0.2) is 50.4 Å². The van der Waals surface area contributed by atoms with Crippen molar-refractivity contribution in [2.75, 3.05) is 11.9 Å². The van der Waals surface area contributed by atoms with Crippen molar-refractivity contribution in [3.63, 3.8) is 0 Å². The zero-order chi connectivity index (χ0) is 30.8. The summed E-state index contributed by atoms with van der Waals surface area (Å²) in [7, 11) is 1.27. The number of phenolic OH excluding ortho intramolecular Hbond substituents is 1. The summed E-state index contributed by atoms with van der Waals surface area (Å²) >= 11 is 20.1. The van der Waals surface area contributed by atoms with Gasteiger partial charge in [-0.1, -0.05) is 23.3 Å². The number of rotatable bonds is 2. The summed E-state index contributed by atoms with van der Waals surface area (Å²) in [5, 5.41) is 10.9. The van der Waals surface area contributed by atoms with Gasteiger partial charge in [0.1, 0.15) is 11.4 Å². The number of amides is 4. The van der Waals surface area contributed by atoms with Gasteiger partial charge in [-0.15, -0.1) is 23.2 Å². The number of nitrogens with zero attached hydrogens (tertiary/aromatic N) is 2. The summed E-state index contributed by atoms with van der Waals surface area (Å²) in [5.74, 6) is -21.8. The van der Waals surface area contributed by atoms with Crippen LogP contribution in [0.2, 0.25) is 5.02 Å². The van der Waals surface area contributed by atoms with E-state index in [9.17, 15) is 46.2 Å². The Bertz CT molecular complexity index is 1680. The van der Waals surface area contributed by atoms with Gasteiger partial charge >= 0.3 is 0 Å². The van der Waals surface area contributed by atoms with Gasteiger partial charge in [-0.05, 0) is 37.0 Å². The molecule has 4 aliphatic rings. The third kappa shape index (κ3) is 3.34. The molecule has 0 bridgehead atoms. The molecule has 1 N–H and O–H groups in total. The Balaban J connectivity index is 1.63. The molecule has 42 heavy (non-hydrogen) atoms. The Kier molecular flexibility index (Phi) is 6.28. The van der Waals surface area contributed by atoms with Gasteiger partial charge in [0.25, 0.3) is 11.8 Å². The van der Waals surface area contributed by atoms with Gasteiger partial charge in [0, 0.05) is 23.6 Å². The lowest BCUT2D eigenvalue weighted by Crippen LogP contribution is -2.60. The molecular formula is C27H16Cl3F5N2O5. The molecule has 0 radical (unpaired) electrons. The number of carbonyl (C=O) groups is 4. The first-order valence-corrected chi connectivity index (χ1v) is 13.5. The maximum absolute atomic E-state index is 15.0. The van der Waals surface area contributed by atoms with E-state index in [4.69, 9.17) is 34.8 Å². The largest absolute Gasteiger partial charge is 0.508 e. The fraction of sp³-hybridized carbons (Fsp3) is 0.333. The lowest BCUT2D eigenvalue weighted by Gasteiger charge is -2.50. The number of halogens is 8. The molecule has 0 aromatic heterocycles. The summed E-state index contributed by atoms with van der Waals surface area (Å²) in [6.45, 7) is 0. The molecular weight excluding hydrogens is 634 g/mol. The van der Waals surface area contributed by atoms with Gasteiger partial charge in [-0.3, -0.25) is 24.1 Å². The van der Waals surface area contributed by atoms with Crippen LogP contribution in [0.15, 0.2) is 29.8 Å². The van der Waals surface area contributed by atoms with E-state index in [-0.39, 0.29) is 27.5 Å². The number of alkyl halides is 2. The lowest BCUT2D eigenvalue weighted by atomic mass is 9.56. The van der Waals surface area contributed by atoms with Crippen LogP contribution in [0.4, 0.5) is 27.6 Å². The van der Waals surface area contributed by atoms with Crippen LogP contribution in [0, 0.1) is 46.8 Å².